The molecule has 2 atom stereocenters. The zero-order chi connectivity index (χ0) is 14.7. The van der Waals surface area contributed by atoms with Crippen LogP contribution < -0.4 is 0 Å². The molecule has 3 rings (SSSR count). The standard InChI is InChI=1S/C19H23NO/c20-14-15-8-7-13-19(18(15)21,16-9-3-1-4-10-16)17-11-5-2-6-12-17/h1,3-4,9-10,15,17H,2,5-8,11-13H2/t15-,19+/m1/s1. The molecule has 2 aliphatic carbocycles. The summed E-state index contributed by atoms with van der Waals surface area (Å²) < 4.78 is 0. The molecule has 21 heavy (non-hydrogen) atoms. The second-order valence-corrected chi connectivity index (χ2v) is 6.61. The van der Waals surface area contributed by atoms with Crippen molar-refractivity contribution < 1.29 is 4.79 Å². The van der Waals surface area contributed by atoms with E-state index in [4.69, 9.17) is 0 Å². The molecule has 0 amide bonds. The number of benzene rings is 1. The summed E-state index contributed by atoms with van der Waals surface area (Å²) in [5.41, 5.74) is 0.766. The summed E-state index contributed by atoms with van der Waals surface area (Å²) in [5.74, 6) is 0.229. The lowest BCUT2D eigenvalue weighted by atomic mass is 9.56. The van der Waals surface area contributed by atoms with Crippen LogP contribution in [0.15, 0.2) is 30.3 Å². The summed E-state index contributed by atoms with van der Waals surface area (Å²) in [5, 5.41) is 9.37. The Kier molecular flexibility index (Phi) is 4.10. The van der Waals surface area contributed by atoms with Gasteiger partial charge in [-0.1, -0.05) is 56.0 Å². The van der Waals surface area contributed by atoms with E-state index in [1.165, 1.54) is 19.3 Å². The zero-order valence-electron chi connectivity index (χ0n) is 12.6. The van der Waals surface area contributed by atoms with Crippen LogP contribution in [0.2, 0.25) is 0 Å². The molecule has 110 valence electrons. The summed E-state index contributed by atoms with van der Waals surface area (Å²) >= 11 is 0. The SMILES string of the molecule is N#C[C@H]1CCC[C@](c2ccccc2)(C2CCCCC2)C1=O. The van der Waals surface area contributed by atoms with E-state index in [9.17, 15) is 10.1 Å². The van der Waals surface area contributed by atoms with Crippen LogP contribution in [0.5, 0.6) is 0 Å². The normalized spacial score (nSPS) is 30.8. The number of carbonyl (C=O) groups excluding carboxylic acids is 1. The molecule has 0 heterocycles. The van der Waals surface area contributed by atoms with Crippen molar-refractivity contribution in [3.63, 3.8) is 0 Å². The van der Waals surface area contributed by atoms with E-state index in [1.807, 2.05) is 18.2 Å². The van der Waals surface area contributed by atoms with E-state index in [-0.39, 0.29) is 11.2 Å². The fourth-order valence-corrected chi connectivity index (χ4v) is 4.53. The molecule has 0 saturated heterocycles. The Bertz CT molecular complexity index is 538. The van der Waals surface area contributed by atoms with Crippen molar-refractivity contribution in [2.24, 2.45) is 11.8 Å². The molecule has 0 aliphatic heterocycles. The second-order valence-electron chi connectivity index (χ2n) is 6.61. The number of nitrogens with zero attached hydrogens (tertiary/aromatic N) is 1. The van der Waals surface area contributed by atoms with Gasteiger partial charge in [-0.15, -0.1) is 0 Å². The maximum absolute atomic E-state index is 13.2. The molecule has 0 spiro atoms. The summed E-state index contributed by atoms with van der Waals surface area (Å²) in [4.78, 5) is 13.2. The minimum absolute atomic E-state index is 0.203. The fourth-order valence-electron chi connectivity index (χ4n) is 4.53. The average Bonchev–Trinajstić information content (AvgIpc) is 2.57. The molecular formula is C19H23NO. The second kappa shape index (κ2) is 6.02. The lowest BCUT2D eigenvalue weighted by Gasteiger charge is -2.45. The van der Waals surface area contributed by atoms with Crippen molar-refractivity contribution in [3.8, 4) is 6.07 Å². The van der Waals surface area contributed by atoms with Gasteiger partial charge < -0.3 is 0 Å². The summed E-state index contributed by atoms with van der Waals surface area (Å²) in [7, 11) is 0. The largest absolute Gasteiger partial charge is 0.297 e. The first-order valence-electron chi connectivity index (χ1n) is 8.28. The number of hydrogen-bond donors (Lipinski definition) is 0. The maximum atomic E-state index is 13.2. The van der Waals surface area contributed by atoms with Crippen molar-refractivity contribution in [3.05, 3.63) is 35.9 Å². The van der Waals surface area contributed by atoms with E-state index < -0.39 is 5.92 Å². The van der Waals surface area contributed by atoms with Gasteiger partial charge in [-0.3, -0.25) is 4.79 Å². The van der Waals surface area contributed by atoms with Crippen LogP contribution in [0.4, 0.5) is 0 Å². The molecule has 2 fully saturated rings. The minimum Gasteiger partial charge on any atom is -0.297 e. The van der Waals surface area contributed by atoms with Gasteiger partial charge in [0.1, 0.15) is 5.92 Å². The van der Waals surface area contributed by atoms with Crippen LogP contribution in [-0.4, -0.2) is 5.78 Å². The smallest absolute Gasteiger partial charge is 0.160 e. The molecule has 0 unspecified atom stereocenters. The van der Waals surface area contributed by atoms with Gasteiger partial charge in [0, 0.05) is 0 Å². The van der Waals surface area contributed by atoms with E-state index >= 15 is 0 Å². The van der Waals surface area contributed by atoms with Gasteiger partial charge in [-0.05, 0) is 37.2 Å². The maximum Gasteiger partial charge on any atom is 0.160 e. The molecule has 1 aromatic carbocycles. The minimum atomic E-state index is -0.402. The highest BCUT2D eigenvalue weighted by Crippen LogP contribution is 2.49. The van der Waals surface area contributed by atoms with Crippen molar-refractivity contribution in [1.82, 2.24) is 0 Å². The van der Waals surface area contributed by atoms with Crippen molar-refractivity contribution in [1.29, 1.82) is 5.26 Å². The van der Waals surface area contributed by atoms with Crippen LogP contribution in [-0.2, 0) is 10.2 Å². The molecule has 2 nitrogen and oxygen atoms in total. The molecule has 2 saturated carbocycles. The average molecular weight is 281 g/mol. The molecule has 0 N–H and O–H groups in total. The monoisotopic (exact) mass is 281 g/mol. The van der Waals surface area contributed by atoms with Gasteiger partial charge in [0.15, 0.2) is 5.78 Å². The first-order valence-corrected chi connectivity index (χ1v) is 8.28. The third-order valence-electron chi connectivity index (χ3n) is 5.57. The quantitative estimate of drug-likeness (QED) is 0.806. The Labute approximate surface area is 127 Å². The summed E-state index contributed by atoms with van der Waals surface area (Å²) in [6.07, 6.45) is 8.69. The van der Waals surface area contributed by atoms with Crippen LogP contribution in [0.25, 0.3) is 0 Å². The topological polar surface area (TPSA) is 40.9 Å². The molecular weight excluding hydrogens is 258 g/mol. The number of hydrogen-bond acceptors (Lipinski definition) is 2. The van der Waals surface area contributed by atoms with Gasteiger partial charge in [0.05, 0.1) is 11.5 Å². The number of Topliss-reactive ketones (excluding diaryl/α,β-unsaturated/α-hetero) is 1. The summed E-state index contributed by atoms with van der Waals surface area (Å²) in [6, 6.07) is 12.5. The number of carbonyl (C=O) groups is 1. The van der Waals surface area contributed by atoms with Crippen molar-refractivity contribution >= 4 is 5.78 Å². The number of rotatable bonds is 2. The predicted octanol–water partition coefficient (Wildman–Crippen LogP) is 4.40. The van der Waals surface area contributed by atoms with Gasteiger partial charge >= 0.3 is 0 Å². The molecule has 0 radical (unpaired) electrons. The van der Waals surface area contributed by atoms with Gasteiger partial charge in [-0.25, -0.2) is 0 Å². The number of ketones is 1. The Morgan fingerprint density at radius 2 is 1.71 bits per heavy atom. The highest BCUT2D eigenvalue weighted by Gasteiger charge is 2.50. The Morgan fingerprint density at radius 3 is 2.38 bits per heavy atom. The summed E-state index contributed by atoms with van der Waals surface area (Å²) in [6.45, 7) is 0. The van der Waals surface area contributed by atoms with Crippen LogP contribution in [0.1, 0.15) is 56.9 Å². The van der Waals surface area contributed by atoms with Crippen LogP contribution in [0, 0.1) is 23.2 Å². The first-order chi connectivity index (χ1) is 10.3. The molecule has 0 bridgehead atoms. The molecule has 1 aromatic rings. The van der Waals surface area contributed by atoms with Crippen LogP contribution in [0.3, 0.4) is 0 Å². The van der Waals surface area contributed by atoms with E-state index in [0.29, 0.717) is 5.92 Å². The Balaban J connectivity index is 2.06. The van der Waals surface area contributed by atoms with E-state index in [0.717, 1.165) is 37.7 Å². The van der Waals surface area contributed by atoms with Gasteiger partial charge in [0.25, 0.3) is 0 Å². The fraction of sp³-hybridized carbons (Fsp3) is 0.579. The highest BCUT2D eigenvalue weighted by atomic mass is 16.1. The molecule has 2 aliphatic rings. The third-order valence-corrected chi connectivity index (χ3v) is 5.57. The predicted molar refractivity (Wildman–Crippen MR) is 82.7 cm³/mol. The Morgan fingerprint density at radius 1 is 1.00 bits per heavy atom. The first kappa shape index (κ1) is 14.3. The lowest BCUT2D eigenvalue weighted by molar-refractivity contribution is -0.132. The van der Waals surface area contributed by atoms with Crippen molar-refractivity contribution in [2.75, 3.05) is 0 Å². The third kappa shape index (κ3) is 2.39. The van der Waals surface area contributed by atoms with Gasteiger partial charge in [0.2, 0.25) is 0 Å². The van der Waals surface area contributed by atoms with E-state index in [1.54, 1.807) is 0 Å². The highest BCUT2D eigenvalue weighted by molar-refractivity contribution is 5.94. The zero-order valence-corrected chi connectivity index (χ0v) is 12.6. The lowest BCUT2D eigenvalue weighted by Crippen LogP contribution is -2.49. The van der Waals surface area contributed by atoms with Gasteiger partial charge in [-0.2, -0.15) is 5.26 Å². The van der Waals surface area contributed by atoms with Crippen molar-refractivity contribution in [2.45, 2.75) is 56.8 Å². The number of nitriles is 1. The molecule has 0 aromatic heterocycles. The molecule has 2 heteroatoms. The van der Waals surface area contributed by atoms with E-state index in [2.05, 4.69) is 18.2 Å². The van der Waals surface area contributed by atoms with Crippen LogP contribution >= 0.6 is 0 Å². The Hall–Kier alpha value is -1.62.